The Balaban J connectivity index is 3.58. The molecule has 110 valence electrons. The fourth-order valence-electron chi connectivity index (χ4n) is 1.07. The predicted octanol–water partition coefficient (Wildman–Crippen LogP) is 1.98. The number of amides is 1. The Morgan fingerprint density at radius 1 is 1.11 bits per heavy atom. The fraction of sp³-hybridized carbons (Fsp3) is 0.800. The van der Waals surface area contributed by atoms with Crippen LogP contribution in [0.4, 0.5) is 0 Å². The highest BCUT2D eigenvalue weighted by Gasteiger charge is 2.09. The van der Waals surface area contributed by atoms with Gasteiger partial charge in [0, 0.05) is 5.41 Å². The zero-order valence-corrected chi connectivity index (χ0v) is 13.1. The molecule has 0 aromatic carbocycles. The first-order chi connectivity index (χ1) is 8.60. The van der Waals surface area contributed by atoms with E-state index in [1.165, 1.54) is 0 Å². The van der Waals surface area contributed by atoms with E-state index in [1.54, 1.807) is 0 Å². The molecule has 0 saturated carbocycles. The third-order valence-corrected chi connectivity index (χ3v) is 1.83. The molecule has 0 aromatic rings. The van der Waals surface area contributed by atoms with Crippen molar-refractivity contribution in [2.24, 2.45) is 5.41 Å². The van der Waals surface area contributed by atoms with Gasteiger partial charge in [-0.1, -0.05) is 11.8 Å². The summed E-state index contributed by atoms with van der Waals surface area (Å²) >= 11 is 0. The highest BCUT2D eigenvalue weighted by molar-refractivity contribution is 5.77. The van der Waals surface area contributed by atoms with Crippen LogP contribution in [0.1, 0.15) is 41.5 Å². The lowest BCUT2D eigenvalue weighted by atomic mass is 9.98. The molecular formula is C15H27NO3. The van der Waals surface area contributed by atoms with Gasteiger partial charge in [-0.25, -0.2) is 0 Å². The highest BCUT2D eigenvalue weighted by atomic mass is 16.5. The van der Waals surface area contributed by atoms with E-state index in [-0.39, 0.29) is 23.5 Å². The highest BCUT2D eigenvalue weighted by Crippen LogP contribution is 2.09. The van der Waals surface area contributed by atoms with E-state index in [1.807, 2.05) is 41.5 Å². The van der Waals surface area contributed by atoms with Crippen LogP contribution in [0, 0.1) is 17.3 Å². The van der Waals surface area contributed by atoms with Crippen molar-refractivity contribution >= 4 is 5.91 Å². The van der Waals surface area contributed by atoms with Gasteiger partial charge in [0.05, 0.1) is 25.4 Å². The molecule has 0 aromatic heterocycles. The first kappa shape index (κ1) is 17.9. The lowest BCUT2D eigenvalue weighted by molar-refractivity contribution is -0.126. The average molecular weight is 269 g/mol. The summed E-state index contributed by atoms with van der Waals surface area (Å²) < 4.78 is 10.7. The standard InChI is InChI=1S/C15H27NO3/c1-14(2,3)8-7-9-16-13(17)12-18-10-11-19-15(4,5)6/h9-12H2,1-6H3,(H,16,17). The Morgan fingerprint density at radius 3 is 2.26 bits per heavy atom. The molecule has 0 aliphatic rings. The number of ether oxygens (including phenoxy) is 2. The molecule has 0 rings (SSSR count). The summed E-state index contributed by atoms with van der Waals surface area (Å²) in [5, 5.41) is 2.68. The first-order valence-electron chi connectivity index (χ1n) is 6.58. The van der Waals surface area contributed by atoms with Gasteiger partial charge < -0.3 is 14.8 Å². The van der Waals surface area contributed by atoms with Crippen molar-refractivity contribution in [3.63, 3.8) is 0 Å². The molecule has 0 aliphatic carbocycles. The van der Waals surface area contributed by atoms with Crippen LogP contribution in [0.5, 0.6) is 0 Å². The van der Waals surface area contributed by atoms with Crippen LogP contribution in [-0.4, -0.2) is 37.9 Å². The smallest absolute Gasteiger partial charge is 0.246 e. The minimum atomic E-state index is -0.172. The molecule has 1 N–H and O–H groups in total. The van der Waals surface area contributed by atoms with Crippen LogP contribution in [0.2, 0.25) is 0 Å². The van der Waals surface area contributed by atoms with E-state index < -0.39 is 0 Å². The van der Waals surface area contributed by atoms with Crippen molar-refractivity contribution in [3.8, 4) is 11.8 Å². The second-order valence-corrected chi connectivity index (χ2v) is 6.34. The molecule has 0 aliphatic heterocycles. The van der Waals surface area contributed by atoms with E-state index in [9.17, 15) is 4.79 Å². The molecule has 0 heterocycles. The molecule has 0 radical (unpaired) electrons. The third kappa shape index (κ3) is 14.9. The number of carbonyl (C=O) groups excluding carboxylic acids is 1. The molecule has 0 bridgehead atoms. The van der Waals surface area contributed by atoms with Gasteiger partial charge in [0.15, 0.2) is 0 Å². The molecule has 1 amide bonds. The quantitative estimate of drug-likeness (QED) is 0.592. The molecule has 4 nitrogen and oxygen atoms in total. The van der Waals surface area contributed by atoms with Crippen molar-refractivity contribution < 1.29 is 14.3 Å². The van der Waals surface area contributed by atoms with Crippen molar-refractivity contribution in [1.82, 2.24) is 5.32 Å². The van der Waals surface area contributed by atoms with Crippen molar-refractivity contribution in [1.29, 1.82) is 0 Å². The van der Waals surface area contributed by atoms with Crippen LogP contribution < -0.4 is 5.32 Å². The van der Waals surface area contributed by atoms with Gasteiger partial charge in [0.25, 0.3) is 0 Å². The summed E-state index contributed by atoms with van der Waals surface area (Å²) in [6.45, 7) is 13.3. The molecular weight excluding hydrogens is 242 g/mol. The Kier molecular flexibility index (Phi) is 7.73. The number of hydrogen-bond donors (Lipinski definition) is 1. The number of rotatable bonds is 6. The molecule has 4 heteroatoms. The number of nitrogens with one attached hydrogen (secondary N) is 1. The van der Waals surface area contributed by atoms with Gasteiger partial charge in [0.1, 0.15) is 6.61 Å². The molecule has 0 unspecified atom stereocenters. The maximum atomic E-state index is 11.4. The van der Waals surface area contributed by atoms with E-state index >= 15 is 0 Å². The predicted molar refractivity (Wildman–Crippen MR) is 76.8 cm³/mol. The van der Waals surface area contributed by atoms with Crippen molar-refractivity contribution in [3.05, 3.63) is 0 Å². The van der Waals surface area contributed by atoms with Gasteiger partial charge in [0.2, 0.25) is 5.91 Å². The second-order valence-electron chi connectivity index (χ2n) is 6.34. The summed E-state index contributed by atoms with van der Waals surface area (Å²) in [6.07, 6.45) is 0. The Bertz CT molecular complexity index is 326. The maximum Gasteiger partial charge on any atom is 0.246 e. The summed E-state index contributed by atoms with van der Waals surface area (Å²) in [5.74, 6) is 5.81. The van der Waals surface area contributed by atoms with E-state index in [2.05, 4.69) is 17.2 Å². The summed E-state index contributed by atoms with van der Waals surface area (Å²) in [5.41, 5.74) is -0.209. The third-order valence-electron chi connectivity index (χ3n) is 1.83. The first-order valence-corrected chi connectivity index (χ1v) is 6.58. The van der Waals surface area contributed by atoms with Crippen LogP contribution in [0.15, 0.2) is 0 Å². The largest absolute Gasteiger partial charge is 0.373 e. The van der Waals surface area contributed by atoms with Crippen molar-refractivity contribution in [2.75, 3.05) is 26.4 Å². The lowest BCUT2D eigenvalue weighted by Crippen LogP contribution is -2.29. The Morgan fingerprint density at radius 2 is 1.74 bits per heavy atom. The van der Waals surface area contributed by atoms with E-state index in [0.29, 0.717) is 19.8 Å². The van der Waals surface area contributed by atoms with E-state index in [0.717, 1.165) is 0 Å². The van der Waals surface area contributed by atoms with Gasteiger partial charge in [-0.2, -0.15) is 0 Å². The van der Waals surface area contributed by atoms with Crippen LogP contribution in [-0.2, 0) is 14.3 Å². The normalized spacial score (nSPS) is 11.7. The minimum absolute atomic E-state index is 0.0362. The molecule has 0 saturated heterocycles. The summed E-state index contributed by atoms with van der Waals surface area (Å²) in [7, 11) is 0. The zero-order chi connectivity index (χ0) is 14.9. The SMILES string of the molecule is CC(C)(C)C#CCNC(=O)COCCOC(C)(C)C. The van der Waals surface area contributed by atoms with Crippen LogP contribution in [0.25, 0.3) is 0 Å². The molecule has 0 spiro atoms. The van der Waals surface area contributed by atoms with E-state index in [4.69, 9.17) is 9.47 Å². The number of carbonyl (C=O) groups is 1. The van der Waals surface area contributed by atoms with Gasteiger partial charge >= 0.3 is 0 Å². The molecule has 0 atom stereocenters. The maximum absolute atomic E-state index is 11.4. The summed E-state index contributed by atoms with van der Waals surface area (Å²) in [4.78, 5) is 11.4. The van der Waals surface area contributed by atoms with Gasteiger partial charge in [-0.05, 0) is 41.5 Å². The Hall–Kier alpha value is -1.05. The molecule has 0 fully saturated rings. The van der Waals surface area contributed by atoms with Gasteiger partial charge in [-0.15, -0.1) is 0 Å². The summed E-state index contributed by atoms with van der Waals surface area (Å²) in [6, 6.07) is 0. The molecule has 19 heavy (non-hydrogen) atoms. The monoisotopic (exact) mass is 269 g/mol. The lowest BCUT2D eigenvalue weighted by Gasteiger charge is -2.19. The Labute approximate surface area is 117 Å². The van der Waals surface area contributed by atoms with Crippen molar-refractivity contribution in [2.45, 2.75) is 47.1 Å². The van der Waals surface area contributed by atoms with Crippen LogP contribution >= 0.6 is 0 Å². The number of hydrogen-bond acceptors (Lipinski definition) is 3. The zero-order valence-electron chi connectivity index (χ0n) is 13.1. The minimum Gasteiger partial charge on any atom is -0.373 e. The average Bonchev–Trinajstić information content (AvgIpc) is 2.21. The fourth-order valence-corrected chi connectivity index (χ4v) is 1.07. The topological polar surface area (TPSA) is 47.6 Å². The second kappa shape index (κ2) is 8.19. The van der Waals surface area contributed by atoms with Crippen LogP contribution in [0.3, 0.4) is 0 Å². The van der Waals surface area contributed by atoms with Gasteiger partial charge in [-0.3, -0.25) is 4.79 Å².